The lowest BCUT2D eigenvalue weighted by Crippen LogP contribution is -2.48. The highest BCUT2D eigenvalue weighted by Gasteiger charge is 2.16. The molecular formula is C12H27N3. The minimum atomic E-state index is 0.742. The molecule has 3 heteroatoms. The first-order valence-electron chi connectivity index (χ1n) is 6.37. The molecule has 0 radical (unpaired) electrons. The highest BCUT2D eigenvalue weighted by Crippen LogP contribution is 2.05. The van der Waals surface area contributed by atoms with Gasteiger partial charge in [-0.05, 0) is 39.9 Å². The zero-order valence-corrected chi connectivity index (χ0v) is 10.6. The lowest BCUT2D eigenvalue weighted by atomic mass is 10.1. The van der Waals surface area contributed by atoms with Crippen LogP contribution in [0.5, 0.6) is 0 Å². The molecule has 0 aromatic carbocycles. The number of nitrogens with zero attached hydrogens (tertiary/aromatic N) is 2. The van der Waals surface area contributed by atoms with Crippen LogP contribution in [0, 0.1) is 0 Å². The molecule has 1 rings (SSSR count). The maximum absolute atomic E-state index is 3.40. The van der Waals surface area contributed by atoms with Gasteiger partial charge < -0.3 is 10.2 Å². The summed E-state index contributed by atoms with van der Waals surface area (Å²) in [7, 11) is 2.23. The first-order chi connectivity index (χ1) is 7.24. The van der Waals surface area contributed by atoms with E-state index in [1.165, 1.54) is 39.0 Å². The first kappa shape index (κ1) is 12.9. The van der Waals surface area contributed by atoms with Gasteiger partial charge in [0.05, 0.1) is 0 Å². The standard InChI is InChI=1S/C12H27N3/c1-4-8-14(3)9-5-12(2)15-10-6-13-7-11-15/h12-13H,4-11H2,1-3H3. The minimum absolute atomic E-state index is 0.742. The number of nitrogens with one attached hydrogen (secondary N) is 1. The van der Waals surface area contributed by atoms with Gasteiger partial charge >= 0.3 is 0 Å². The van der Waals surface area contributed by atoms with E-state index >= 15 is 0 Å². The molecule has 1 fully saturated rings. The molecule has 1 saturated heterocycles. The summed E-state index contributed by atoms with van der Waals surface area (Å²) in [5, 5.41) is 3.40. The van der Waals surface area contributed by atoms with E-state index in [4.69, 9.17) is 0 Å². The first-order valence-corrected chi connectivity index (χ1v) is 6.37. The molecule has 0 aliphatic carbocycles. The fourth-order valence-electron chi connectivity index (χ4n) is 2.21. The van der Waals surface area contributed by atoms with Crippen molar-refractivity contribution >= 4 is 0 Å². The van der Waals surface area contributed by atoms with Crippen LogP contribution < -0.4 is 5.32 Å². The summed E-state index contributed by atoms with van der Waals surface area (Å²) >= 11 is 0. The van der Waals surface area contributed by atoms with Crippen molar-refractivity contribution in [1.82, 2.24) is 15.1 Å². The Balaban J connectivity index is 2.13. The van der Waals surface area contributed by atoms with Gasteiger partial charge in [-0.3, -0.25) is 4.90 Å². The average molecular weight is 213 g/mol. The summed E-state index contributed by atoms with van der Waals surface area (Å²) in [5.41, 5.74) is 0. The van der Waals surface area contributed by atoms with Gasteiger partial charge in [-0.2, -0.15) is 0 Å². The normalized spacial score (nSPS) is 20.8. The summed E-state index contributed by atoms with van der Waals surface area (Å²) in [6.45, 7) is 11.8. The molecule has 90 valence electrons. The van der Waals surface area contributed by atoms with Crippen molar-refractivity contribution in [3.8, 4) is 0 Å². The third-order valence-corrected chi connectivity index (χ3v) is 3.31. The third kappa shape index (κ3) is 4.96. The fourth-order valence-corrected chi connectivity index (χ4v) is 2.21. The molecular weight excluding hydrogens is 186 g/mol. The number of hydrogen-bond donors (Lipinski definition) is 1. The van der Waals surface area contributed by atoms with Gasteiger partial charge in [0.15, 0.2) is 0 Å². The molecule has 0 amide bonds. The largest absolute Gasteiger partial charge is 0.314 e. The highest BCUT2D eigenvalue weighted by atomic mass is 15.2. The van der Waals surface area contributed by atoms with Crippen molar-refractivity contribution in [3.05, 3.63) is 0 Å². The predicted molar refractivity (Wildman–Crippen MR) is 66.3 cm³/mol. The second-order valence-corrected chi connectivity index (χ2v) is 4.73. The van der Waals surface area contributed by atoms with E-state index in [-0.39, 0.29) is 0 Å². The Morgan fingerprint density at radius 1 is 1.27 bits per heavy atom. The van der Waals surface area contributed by atoms with Crippen molar-refractivity contribution in [2.45, 2.75) is 32.7 Å². The fraction of sp³-hybridized carbons (Fsp3) is 1.00. The summed E-state index contributed by atoms with van der Waals surface area (Å²) in [5.74, 6) is 0. The van der Waals surface area contributed by atoms with Gasteiger partial charge in [0, 0.05) is 32.2 Å². The Labute approximate surface area is 94.8 Å². The molecule has 1 heterocycles. The van der Waals surface area contributed by atoms with Crippen LogP contribution >= 0.6 is 0 Å². The molecule has 1 aliphatic heterocycles. The van der Waals surface area contributed by atoms with Gasteiger partial charge in [0.25, 0.3) is 0 Å². The van der Waals surface area contributed by atoms with E-state index in [0.717, 1.165) is 19.1 Å². The Morgan fingerprint density at radius 3 is 2.53 bits per heavy atom. The molecule has 0 aromatic heterocycles. The van der Waals surface area contributed by atoms with Crippen molar-refractivity contribution in [1.29, 1.82) is 0 Å². The van der Waals surface area contributed by atoms with Crippen molar-refractivity contribution in [3.63, 3.8) is 0 Å². The summed E-state index contributed by atoms with van der Waals surface area (Å²) < 4.78 is 0. The molecule has 1 atom stereocenters. The van der Waals surface area contributed by atoms with E-state index in [9.17, 15) is 0 Å². The average Bonchev–Trinajstić information content (AvgIpc) is 2.27. The maximum Gasteiger partial charge on any atom is 0.0110 e. The van der Waals surface area contributed by atoms with Crippen LogP contribution in [0.3, 0.4) is 0 Å². The van der Waals surface area contributed by atoms with Gasteiger partial charge in [-0.1, -0.05) is 6.92 Å². The molecule has 0 spiro atoms. The smallest absolute Gasteiger partial charge is 0.0110 e. The predicted octanol–water partition coefficient (Wildman–Crippen LogP) is 1.01. The summed E-state index contributed by atoms with van der Waals surface area (Å²) in [6.07, 6.45) is 2.56. The van der Waals surface area contributed by atoms with Crippen LogP contribution in [0.1, 0.15) is 26.7 Å². The minimum Gasteiger partial charge on any atom is -0.314 e. The van der Waals surface area contributed by atoms with Crippen LogP contribution in [-0.2, 0) is 0 Å². The summed E-state index contributed by atoms with van der Waals surface area (Å²) in [4.78, 5) is 5.05. The van der Waals surface area contributed by atoms with Crippen molar-refractivity contribution in [2.24, 2.45) is 0 Å². The Bertz CT molecular complexity index is 155. The monoisotopic (exact) mass is 213 g/mol. The lowest BCUT2D eigenvalue weighted by molar-refractivity contribution is 0.163. The highest BCUT2D eigenvalue weighted by molar-refractivity contribution is 4.74. The van der Waals surface area contributed by atoms with E-state index in [0.29, 0.717) is 0 Å². The van der Waals surface area contributed by atoms with Crippen LogP contribution in [0.2, 0.25) is 0 Å². The van der Waals surface area contributed by atoms with Gasteiger partial charge in [-0.25, -0.2) is 0 Å². The van der Waals surface area contributed by atoms with E-state index in [1.54, 1.807) is 0 Å². The van der Waals surface area contributed by atoms with Crippen LogP contribution in [0.25, 0.3) is 0 Å². The van der Waals surface area contributed by atoms with Crippen LogP contribution in [0.15, 0.2) is 0 Å². The van der Waals surface area contributed by atoms with E-state index in [2.05, 4.69) is 36.0 Å². The third-order valence-electron chi connectivity index (χ3n) is 3.31. The zero-order valence-electron chi connectivity index (χ0n) is 10.6. The van der Waals surface area contributed by atoms with Gasteiger partial charge in [0.1, 0.15) is 0 Å². The second kappa shape index (κ2) is 7.20. The molecule has 3 nitrogen and oxygen atoms in total. The Hall–Kier alpha value is -0.120. The number of piperazine rings is 1. The van der Waals surface area contributed by atoms with E-state index in [1.807, 2.05) is 0 Å². The summed E-state index contributed by atoms with van der Waals surface area (Å²) in [6, 6.07) is 0.742. The Morgan fingerprint density at radius 2 is 1.93 bits per heavy atom. The topological polar surface area (TPSA) is 18.5 Å². The van der Waals surface area contributed by atoms with Crippen molar-refractivity contribution < 1.29 is 0 Å². The molecule has 0 bridgehead atoms. The molecule has 1 N–H and O–H groups in total. The number of rotatable bonds is 6. The van der Waals surface area contributed by atoms with Gasteiger partial charge in [0.2, 0.25) is 0 Å². The number of hydrogen-bond acceptors (Lipinski definition) is 3. The second-order valence-electron chi connectivity index (χ2n) is 4.73. The van der Waals surface area contributed by atoms with E-state index < -0.39 is 0 Å². The molecule has 0 aromatic rings. The van der Waals surface area contributed by atoms with Gasteiger partial charge in [-0.15, -0.1) is 0 Å². The maximum atomic E-state index is 3.40. The SMILES string of the molecule is CCCN(C)CCC(C)N1CCNCC1. The molecule has 1 unspecified atom stereocenters. The molecule has 1 aliphatic rings. The van der Waals surface area contributed by atoms with Crippen LogP contribution in [0.4, 0.5) is 0 Å². The lowest BCUT2D eigenvalue weighted by Gasteiger charge is -2.33. The zero-order chi connectivity index (χ0) is 11.1. The quantitative estimate of drug-likeness (QED) is 0.710. The van der Waals surface area contributed by atoms with Crippen LogP contribution in [-0.4, -0.2) is 62.2 Å². The van der Waals surface area contributed by atoms with Crippen molar-refractivity contribution in [2.75, 3.05) is 46.3 Å². The molecule has 0 saturated carbocycles. The molecule has 15 heavy (non-hydrogen) atoms. The Kier molecular flexibility index (Phi) is 6.22.